The summed E-state index contributed by atoms with van der Waals surface area (Å²) in [6, 6.07) is 1.47. The van der Waals surface area contributed by atoms with Crippen LogP contribution in [0.5, 0.6) is 0 Å². The van der Waals surface area contributed by atoms with E-state index in [9.17, 15) is 18.0 Å². The van der Waals surface area contributed by atoms with Gasteiger partial charge in [0.15, 0.2) is 11.6 Å². The van der Waals surface area contributed by atoms with Crippen LogP contribution in [0.15, 0.2) is 12.1 Å². The predicted molar refractivity (Wildman–Crippen MR) is 51.0 cm³/mol. The van der Waals surface area contributed by atoms with E-state index in [1.165, 1.54) is 0 Å². The molecule has 0 fully saturated rings. The maximum Gasteiger partial charge on any atom is 0.308 e. The molecule has 0 amide bonds. The van der Waals surface area contributed by atoms with Crippen molar-refractivity contribution in [2.75, 3.05) is 0 Å². The van der Waals surface area contributed by atoms with E-state index in [0.29, 0.717) is 6.07 Å². The van der Waals surface area contributed by atoms with Crippen LogP contribution >= 0.6 is 0 Å². The van der Waals surface area contributed by atoms with E-state index in [1.807, 2.05) is 0 Å². The minimum atomic E-state index is -1.32. The smallest absolute Gasteiger partial charge is 0.308 e. The molecule has 0 aliphatic rings. The van der Waals surface area contributed by atoms with Gasteiger partial charge in [0.1, 0.15) is 12.4 Å². The van der Waals surface area contributed by atoms with Gasteiger partial charge in [0.25, 0.3) is 0 Å². The summed E-state index contributed by atoms with van der Waals surface area (Å²) in [6.45, 7) is 2.56. The molecule has 0 heterocycles. The maximum absolute atomic E-state index is 13.1. The Hall–Kier alpha value is -1.52. The molecular formula is C11H11F3O2. The molecule has 0 aromatic heterocycles. The van der Waals surface area contributed by atoms with E-state index < -0.39 is 41.5 Å². The number of benzene rings is 1. The van der Waals surface area contributed by atoms with Gasteiger partial charge in [0, 0.05) is 0 Å². The van der Waals surface area contributed by atoms with Crippen LogP contribution in [0, 0.1) is 23.4 Å². The molecule has 0 radical (unpaired) electrons. The van der Waals surface area contributed by atoms with Gasteiger partial charge in [-0.05, 0) is 12.1 Å². The quantitative estimate of drug-likeness (QED) is 0.591. The fourth-order valence-corrected chi connectivity index (χ4v) is 1.01. The third kappa shape index (κ3) is 2.74. The van der Waals surface area contributed by atoms with Gasteiger partial charge in [0.2, 0.25) is 0 Å². The van der Waals surface area contributed by atoms with E-state index in [1.54, 1.807) is 13.8 Å². The lowest BCUT2D eigenvalue weighted by Crippen LogP contribution is -2.13. The van der Waals surface area contributed by atoms with Crippen molar-refractivity contribution in [3.8, 4) is 0 Å². The van der Waals surface area contributed by atoms with E-state index in [0.717, 1.165) is 6.07 Å². The van der Waals surface area contributed by atoms with E-state index in [2.05, 4.69) is 4.74 Å². The third-order valence-corrected chi connectivity index (χ3v) is 1.97. The fraction of sp³-hybridized carbons (Fsp3) is 0.364. The second-order valence-electron chi connectivity index (χ2n) is 3.58. The number of hydrogen-bond donors (Lipinski definition) is 0. The van der Waals surface area contributed by atoms with Crippen molar-refractivity contribution in [3.05, 3.63) is 35.1 Å². The van der Waals surface area contributed by atoms with E-state index in [4.69, 9.17) is 0 Å². The molecule has 16 heavy (non-hydrogen) atoms. The maximum atomic E-state index is 13.1. The summed E-state index contributed by atoms with van der Waals surface area (Å²) in [4.78, 5) is 11.1. The highest BCUT2D eigenvalue weighted by molar-refractivity contribution is 5.71. The molecule has 0 N–H and O–H groups in total. The van der Waals surface area contributed by atoms with E-state index in [-0.39, 0.29) is 0 Å². The van der Waals surface area contributed by atoms with Gasteiger partial charge in [-0.2, -0.15) is 0 Å². The van der Waals surface area contributed by atoms with Crippen LogP contribution in [0.1, 0.15) is 19.4 Å². The summed E-state index contributed by atoms with van der Waals surface area (Å²) >= 11 is 0. The average molecular weight is 232 g/mol. The standard InChI is InChI=1S/C11H11F3O2/c1-6(2)11(15)16-5-7-8(12)3-4-9(13)10(7)14/h3-4,6H,5H2,1-2H3. The van der Waals surface area contributed by atoms with Gasteiger partial charge < -0.3 is 4.74 Å². The first-order chi connectivity index (χ1) is 7.43. The normalized spacial score (nSPS) is 10.6. The molecule has 1 rings (SSSR count). The molecule has 0 aliphatic carbocycles. The van der Waals surface area contributed by atoms with Crippen LogP contribution in [-0.4, -0.2) is 5.97 Å². The Kier molecular flexibility index (Phi) is 3.93. The molecule has 0 saturated carbocycles. The van der Waals surface area contributed by atoms with Crippen molar-refractivity contribution in [1.29, 1.82) is 0 Å². The molecule has 1 aromatic rings. The molecular weight excluding hydrogens is 221 g/mol. The SMILES string of the molecule is CC(C)C(=O)OCc1c(F)ccc(F)c1F. The summed E-state index contributed by atoms with van der Waals surface area (Å²) in [5.41, 5.74) is -0.575. The van der Waals surface area contributed by atoms with Crippen LogP contribution in [-0.2, 0) is 16.1 Å². The molecule has 0 saturated heterocycles. The van der Waals surface area contributed by atoms with Gasteiger partial charge in [-0.1, -0.05) is 13.8 Å². The van der Waals surface area contributed by atoms with Crippen molar-refractivity contribution in [2.45, 2.75) is 20.5 Å². The van der Waals surface area contributed by atoms with Gasteiger partial charge in [-0.25, -0.2) is 13.2 Å². The minimum Gasteiger partial charge on any atom is -0.460 e. The molecule has 0 spiro atoms. The van der Waals surface area contributed by atoms with Gasteiger partial charge >= 0.3 is 5.97 Å². The second-order valence-corrected chi connectivity index (χ2v) is 3.58. The molecule has 0 unspecified atom stereocenters. The van der Waals surface area contributed by atoms with Gasteiger partial charge in [-0.15, -0.1) is 0 Å². The predicted octanol–water partition coefficient (Wildman–Crippen LogP) is 2.80. The first kappa shape index (κ1) is 12.5. The van der Waals surface area contributed by atoms with Crippen LogP contribution in [0.25, 0.3) is 0 Å². The summed E-state index contributed by atoms with van der Waals surface area (Å²) in [5.74, 6) is -4.42. The number of rotatable bonds is 3. The zero-order chi connectivity index (χ0) is 12.3. The van der Waals surface area contributed by atoms with Crippen LogP contribution in [0.2, 0.25) is 0 Å². The highest BCUT2D eigenvalue weighted by Gasteiger charge is 2.16. The highest BCUT2D eigenvalue weighted by Crippen LogP contribution is 2.17. The van der Waals surface area contributed by atoms with Gasteiger partial charge in [0.05, 0.1) is 11.5 Å². The summed E-state index contributed by atoms with van der Waals surface area (Å²) in [6.07, 6.45) is 0. The lowest BCUT2D eigenvalue weighted by atomic mass is 10.2. The average Bonchev–Trinajstić information content (AvgIpc) is 2.23. The Balaban J connectivity index is 2.82. The molecule has 5 heteroatoms. The monoisotopic (exact) mass is 232 g/mol. The number of carbonyl (C=O) groups excluding carboxylic acids is 1. The lowest BCUT2D eigenvalue weighted by molar-refractivity contribution is -0.148. The molecule has 0 aliphatic heterocycles. The third-order valence-electron chi connectivity index (χ3n) is 1.97. The topological polar surface area (TPSA) is 26.3 Å². The zero-order valence-corrected chi connectivity index (χ0v) is 8.89. The second kappa shape index (κ2) is 5.01. The first-order valence-corrected chi connectivity index (χ1v) is 4.72. The van der Waals surface area contributed by atoms with Crippen molar-refractivity contribution < 1.29 is 22.7 Å². The number of carbonyl (C=O) groups is 1. The van der Waals surface area contributed by atoms with Gasteiger partial charge in [-0.3, -0.25) is 4.79 Å². The number of ether oxygens (including phenoxy) is 1. The first-order valence-electron chi connectivity index (χ1n) is 4.72. The molecule has 0 bridgehead atoms. The Morgan fingerprint density at radius 2 is 1.81 bits per heavy atom. The molecule has 2 nitrogen and oxygen atoms in total. The van der Waals surface area contributed by atoms with Crippen molar-refractivity contribution in [3.63, 3.8) is 0 Å². The summed E-state index contributed by atoms with van der Waals surface area (Å²) < 4.78 is 43.6. The molecule has 0 atom stereocenters. The summed E-state index contributed by atoms with van der Waals surface area (Å²) in [5, 5.41) is 0. The minimum absolute atomic E-state index is 0.403. The zero-order valence-electron chi connectivity index (χ0n) is 8.89. The van der Waals surface area contributed by atoms with Crippen molar-refractivity contribution >= 4 is 5.97 Å². The number of hydrogen-bond acceptors (Lipinski definition) is 2. The summed E-state index contributed by atoms with van der Waals surface area (Å²) in [7, 11) is 0. The Labute approximate surface area is 91.0 Å². The molecule has 88 valence electrons. The highest BCUT2D eigenvalue weighted by atomic mass is 19.2. The lowest BCUT2D eigenvalue weighted by Gasteiger charge is -2.08. The number of esters is 1. The Morgan fingerprint density at radius 3 is 2.38 bits per heavy atom. The Morgan fingerprint density at radius 1 is 1.25 bits per heavy atom. The Bertz CT molecular complexity index is 402. The van der Waals surface area contributed by atoms with Crippen LogP contribution in [0.3, 0.4) is 0 Å². The van der Waals surface area contributed by atoms with Crippen LogP contribution < -0.4 is 0 Å². The van der Waals surface area contributed by atoms with Crippen molar-refractivity contribution in [2.24, 2.45) is 5.92 Å². The van der Waals surface area contributed by atoms with Crippen LogP contribution in [0.4, 0.5) is 13.2 Å². The number of halogens is 3. The largest absolute Gasteiger partial charge is 0.460 e. The van der Waals surface area contributed by atoms with E-state index >= 15 is 0 Å². The molecule has 1 aromatic carbocycles. The van der Waals surface area contributed by atoms with Crippen molar-refractivity contribution in [1.82, 2.24) is 0 Å². The fourth-order valence-electron chi connectivity index (χ4n) is 1.01.